The molecule has 3 rings (SSSR count). The molecule has 146 valence electrons. The molecular formula is C25H36N2. The van der Waals surface area contributed by atoms with Crippen LogP contribution in [-0.2, 0) is 0 Å². The Balaban J connectivity index is 0.000000665. The van der Waals surface area contributed by atoms with Crippen LogP contribution in [0, 0.1) is 12.3 Å². The van der Waals surface area contributed by atoms with Crippen molar-refractivity contribution in [2.45, 2.75) is 52.7 Å². The van der Waals surface area contributed by atoms with Crippen molar-refractivity contribution in [1.82, 2.24) is 9.80 Å². The second-order valence-electron chi connectivity index (χ2n) is 6.85. The van der Waals surface area contributed by atoms with E-state index in [9.17, 15) is 0 Å². The molecular weight excluding hydrogens is 328 g/mol. The van der Waals surface area contributed by atoms with Gasteiger partial charge in [-0.1, -0.05) is 74.5 Å². The molecule has 0 bridgehead atoms. The molecule has 2 nitrogen and oxygen atoms in total. The molecule has 2 heteroatoms. The molecule has 0 amide bonds. The summed E-state index contributed by atoms with van der Waals surface area (Å²) in [5.41, 5.74) is 2.77. The fraction of sp³-hybridized carbons (Fsp3) is 0.440. The monoisotopic (exact) mass is 364 g/mol. The minimum Gasteiger partial charge on any atom is -0.301 e. The number of hydrogen-bond donors (Lipinski definition) is 0. The van der Waals surface area contributed by atoms with Gasteiger partial charge in [0.2, 0.25) is 0 Å². The zero-order valence-corrected chi connectivity index (χ0v) is 17.9. The lowest BCUT2D eigenvalue weighted by atomic mass is 9.94. The first-order valence-corrected chi connectivity index (χ1v) is 10.0. The first-order valence-electron chi connectivity index (χ1n) is 10.0. The van der Waals surface area contributed by atoms with Crippen LogP contribution >= 0.6 is 0 Å². The van der Waals surface area contributed by atoms with E-state index in [4.69, 9.17) is 0 Å². The molecule has 0 aromatic heterocycles. The van der Waals surface area contributed by atoms with Crippen molar-refractivity contribution >= 4 is 0 Å². The fourth-order valence-electron chi connectivity index (χ4n) is 3.53. The van der Waals surface area contributed by atoms with Gasteiger partial charge < -0.3 is 4.90 Å². The molecule has 0 aliphatic carbocycles. The maximum absolute atomic E-state index is 4.60. The Hall–Kier alpha value is -2.08. The normalized spacial score (nSPS) is 19.9. The Bertz CT molecular complexity index is 620. The van der Waals surface area contributed by atoms with Crippen LogP contribution in [0.3, 0.4) is 0 Å². The van der Waals surface area contributed by atoms with Crippen LogP contribution in [0.4, 0.5) is 0 Å². The summed E-state index contributed by atoms with van der Waals surface area (Å²) in [6, 6.07) is 23.3. The second-order valence-corrected chi connectivity index (χ2v) is 6.85. The summed E-state index contributed by atoms with van der Waals surface area (Å²) in [5, 5.41) is 0. The van der Waals surface area contributed by atoms with Gasteiger partial charge in [-0.25, -0.2) is 0 Å². The molecule has 0 N–H and O–H groups in total. The first-order chi connectivity index (χ1) is 13.1. The third kappa shape index (κ3) is 6.54. The zero-order chi connectivity index (χ0) is 20.2. The van der Waals surface area contributed by atoms with Crippen LogP contribution in [0.15, 0.2) is 60.7 Å². The Morgan fingerprint density at radius 2 is 1.26 bits per heavy atom. The van der Waals surface area contributed by atoms with Crippen molar-refractivity contribution in [2.75, 3.05) is 20.1 Å². The van der Waals surface area contributed by atoms with Gasteiger partial charge in [-0.15, -0.1) is 12.3 Å². The maximum atomic E-state index is 4.60. The van der Waals surface area contributed by atoms with E-state index < -0.39 is 0 Å². The topological polar surface area (TPSA) is 6.48 Å². The minimum atomic E-state index is 0.341. The summed E-state index contributed by atoms with van der Waals surface area (Å²) in [4.78, 5) is 5.13. The highest BCUT2D eigenvalue weighted by molar-refractivity contribution is 5.32. The van der Waals surface area contributed by atoms with E-state index in [0.717, 1.165) is 13.1 Å². The third-order valence-corrected chi connectivity index (χ3v) is 4.91. The number of likely N-dealkylation sites (N-methyl/N-ethyl adjacent to an activating group) is 1. The SMILES string of the molecule is C#CC.CC.CC1CN(C(c2ccccc2)c2ccccc2)C(C)CN1C. The summed E-state index contributed by atoms with van der Waals surface area (Å²) in [7, 11) is 2.23. The lowest BCUT2D eigenvalue weighted by molar-refractivity contribution is 0.0390. The van der Waals surface area contributed by atoms with Crippen LogP contribution in [0.5, 0.6) is 0 Å². The molecule has 1 aliphatic rings. The number of nitrogens with zero attached hydrogens (tertiary/aromatic N) is 2. The molecule has 0 spiro atoms. The van der Waals surface area contributed by atoms with Crippen LogP contribution in [0.2, 0.25) is 0 Å². The molecule has 1 fully saturated rings. The van der Waals surface area contributed by atoms with E-state index >= 15 is 0 Å². The highest BCUT2D eigenvalue weighted by atomic mass is 15.3. The van der Waals surface area contributed by atoms with E-state index in [1.807, 2.05) is 13.8 Å². The third-order valence-electron chi connectivity index (χ3n) is 4.91. The minimum absolute atomic E-state index is 0.341. The van der Waals surface area contributed by atoms with Gasteiger partial charge in [0.05, 0.1) is 6.04 Å². The Kier molecular flexibility index (Phi) is 10.5. The van der Waals surface area contributed by atoms with Crippen LogP contribution in [0.1, 0.15) is 51.8 Å². The molecule has 2 aromatic carbocycles. The van der Waals surface area contributed by atoms with Crippen molar-refractivity contribution in [2.24, 2.45) is 0 Å². The average Bonchev–Trinajstić information content (AvgIpc) is 2.70. The lowest BCUT2D eigenvalue weighted by Crippen LogP contribution is -2.55. The Morgan fingerprint density at radius 3 is 1.67 bits per heavy atom. The van der Waals surface area contributed by atoms with Gasteiger partial charge in [-0.3, -0.25) is 4.90 Å². The van der Waals surface area contributed by atoms with Gasteiger partial charge in [0.25, 0.3) is 0 Å². The highest BCUT2D eigenvalue weighted by Gasteiger charge is 2.33. The number of hydrogen-bond acceptors (Lipinski definition) is 2. The number of piperazine rings is 1. The van der Waals surface area contributed by atoms with Crippen molar-refractivity contribution in [3.05, 3.63) is 71.8 Å². The van der Waals surface area contributed by atoms with Crippen LogP contribution < -0.4 is 0 Å². The first kappa shape index (κ1) is 23.0. The fourth-order valence-corrected chi connectivity index (χ4v) is 3.53. The van der Waals surface area contributed by atoms with Crippen molar-refractivity contribution in [3.63, 3.8) is 0 Å². The molecule has 0 radical (unpaired) electrons. The summed E-state index contributed by atoms with van der Waals surface area (Å²) < 4.78 is 0. The molecule has 1 heterocycles. The number of benzene rings is 2. The lowest BCUT2D eigenvalue weighted by Gasteiger charge is -2.46. The Morgan fingerprint density at radius 1 is 0.852 bits per heavy atom. The van der Waals surface area contributed by atoms with Gasteiger partial charge >= 0.3 is 0 Å². The van der Waals surface area contributed by atoms with Crippen LogP contribution in [-0.4, -0.2) is 42.0 Å². The average molecular weight is 365 g/mol. The van der Waals surface area contributed by atoms with E-state index in [2.05, 4.69) is 104 Å². The number of rotatable bonds is 3. The van der Waals surface area contributed by atoms with Gasteiger partial charge in [0.15, 0.2) is 0 Å². The van der Waals surface area contributed by atoms with E-state index in [1.54, 1.807) is 6.92 Å². The molecule has 1 saturated heterocycles. The standard InChI is InChI=1S/C20H26N2.C3H4.C2H6/c1-16-15-22(17(2)14-21(16)3)20(18-10-6-4-7-11-18)19-12-8-5-9-13-19;1-3-2;1-2/h4-13,16-17,20H,14-15H2,1-3H3;1H,2H3;1-2H3. The molecule has 1 aliphatic heterocycles. The molecule has 0 saturated carbocycles. The van der Waals surface area contributed by atoms with Crippen molar-refractivity contribution in [3.8, 4) is 12.3 Å². The second kappa shape index (κ2) is 12.3. The van der Waals surface area contributed by atoms with Gasteiger partial charge in [0.1, 0.15) is 0 Å². The van der Waals surface area contributed by atoms with Gasteiger partial charge in [-0.05, 0) is 38.9 Å². The summed E-state index contributed by atoms with van der Waals surface area (Å²) in [5.74, 6) is 2.25. The van der Waals surface area contributed by atoms with E-state index in [0.29, 0.717) is 18.1 Å². The molecule has 2 aromatic rings. The summed E-state index contributed by atoms with van der Waals surface area (Å²) in [6.45, 7) is 12.6. The quantitative estimate of drug-likeness (QED) is 0.667. The molecule has 2 unspecified atom stereocenters. The smallest absolute Gasteiger partial charge is 0.0605 e. The maximum Gasteiger partial charge on any atom is 0.0605 e. The highest BCUT2D eigenvalue weighted by Crippen LogP contribution is 2.32. The molecule has 2 atom stereocenters. The molecule has 27 heavy (non-hydrogen) atoms. The summed E-state index contributed by atoms with van der Waals surface area (Å²) >= 11 is 0. The van der Waals surface area contributed by atoms with Crippen molar-refractivity contribution in [1.29, 1.82) is 0 Å². The Labute approximate surface area is 167 Å². The van der Waals surface area contributed by atoms with Gasteiger partial charge in [-0.2, -0.15) is 0 Å². The van der Waals surface area contributed by atoms with E-state index in [-0.39, 0.29) is 0 Å². The predicted octanol–water partition coefficient (Wildman–Crippen LogP) is 5.47. The predicted molar refractivity (Wildman–Crippen MR) is 119 cm³/mol. The van der Waals surface area contributed by atoms with Crippen molar-refractivity contribution < 1.29 is 0 Å². The van der Waals surface area contributed by atoms with Gasteiger partial charge in [0, 0.05) is 25.2 Å². The largest absolute Gasteiger partial charge is 0.301 e. The van der Waals surface area contributed by atoms with E-state index in [1.165, 1.54) is 11.1 Å². The summed E-state index contributed by atoms with van der Waals surface area (Å²) in [6.07, 6.45) is 4.60. The zero-order valence-electron chi connectivity index (χ0n) is 17.9. The van der Waals surface area contributed by atoms with Crippen LogP contribution in [0.25, 0.3) is 0 Å². The number of terminal acetylenes is 1.